The lowest BCUT2D eigenvalue weighted by Crippen LogP contribution is -2.04. The van der Waals surface area contributed by atoms with Crippen LogP contribution < -0.4 is 15.2 Å². The van der Waals surface area contributed by atoms with Gasteiger partial charge in [-0.15, -0.1) is 12.4 Å². The molecule has 2 atom stereocenters. The summed E-state index contributed by atoms with van der Waals surface area (Å²) in [5.74, 6) is 0.909. The van der Waals surface area contributed by atoms with Crippen LogP contribution in [0.4, 0.5) is 4.39 Å². The van der Waals surface area contributed by atoms with Crippen LogP contribution in [0.5, 0.6) is 11.5 Å². The predicted molar refractivity (Wildman–Crippen MR) is 62.1 cm³/mol. The van der Waals surface area contributed by atoms with Gasteiger partial charge in [-0.2, -0.15) is 0 Å². The molecule has 0 unspecified atom stereocenters. The Balaban J connectivity index is 0.00000128. The van der Waals surface area contributed by atoms with E-state index in [1.165, 1.54) is 26.4 Å². The molecule has 3 nitrogen and oxygen atoms in total. The van der Waals surface area contributed by atoms with Crippen molar-refractivity contribution in [3.8, 4) is 11.5 Å². The summed E-state index contributed by atoms with van der Waals surface area (Å²) in [6.07, 6.45) is 0.901. The van der Waals surface area contributed by atoms with Gasteiger partial charge in [0.15, 0.2) is 0 Å². The highest BCUT2D eigenvalue weighted by Crippen LogP contribution is 2.48. The SMILES string of the molecule is COc1cc(F)cc(OC)c1[C@@H]1C[C@H]1N.Cl. The van der Waals surface area contributed by atoms with Gasteiger partial charge in [-0.25, -0.2) is 4.39 Å². The predicted octanol–water partition coefficient (Wildman–Crippen LogP) is 2.08. The van der Waals surface area contributed by atoms with Crippen molar-refractivity contribution in [1.82, 2.24) is 0 Å². The van der Waals surface area contributed by atoms with E-state index in [1.54, 1.807) is 0 Å². The molecule has 0 spiro atoms. The van der Waals surface area contributed by atoms with Gasteiger partial charge >= 0.3 is 0 Å². The Labute approximate surface area is 100 Å². The largest absolute Gasteiger partial charge is 0.496 e. The fourth-order valence-corrected chi connectivity index (χ4v) is 1.82. The van der Waals surface area contributed by atoms with Gasteiger partial charge < -0.3 is 15.2 Å². The lowest BCUT2D eigenvalue weighted by atomic mass is 10.1. The third-order valence-corrected chi connectivity index (χ3v) is 2.72. The number of hydrogen-bond donors (Lipinski definition) is 1. The first kappa shape index (κ1) is 13.1. The molecule has 0 aliphatic heterocycles. The summed E-state index contributed by atoms with van der Waals surface area (Å²) < 4.78 is 23.5. The molecular formula is C11H15ClFNO2. The van der Waals surface area contributed by atoms with Crippen molar-refractivity contribution < 1.29 is 13.9 Å². The second kappa shape index (κ2) is 4.89. The summed E-state index contributed by atoms with van der Waals surface area (Å²) in [5.41, 5.74) is 6.66. The summed E-state index contributed by atoms with van der Waals surface area (Å²) >= 11 is 0. The number of benzene rings is 1. The zero-order valence-electron chi connectivity index (χ0n) is 9.20. The van der Waals surface area contributed by atoms with E-state index in [9.17, 15) is 4.39 Å². The molecule has 16 heavy (non-hydrogen) atoms. The smallest absolute Gasteiger partial charge is 0.130 e. The highest BCUT2D eigenvalue weighted by atomic mass is 35.5. The van der Waals surface area contributed by atoms with E-state index in [2.05, 4.69) is 0 Å². The highest BCUT2D eigenvalue weighted by Gasteiger charge is 2.39. The van der Waals surface area contributed by atoms with Crippen LogP contribution in [0.2, 0.25) is 0 Å². The Morgan fingerprint density at radius 2 is 1.69 bits per heavy atom. The number of ether oxygens (including phenoxy) is 2. The lowest BCUT2D eigenvalue weighted by molar-refractivity contribution is 0.379. The molecule has 0 radical (unpaired) electrons. The van der Waals surface area contributed by atoms with Gasteiger partial charge in [0.2, 0.25) is 0 Å². The van der Waals surface area contributed by atoms with Crippen LogP contribution in [0.15, 0.2) is 12.1 Å². The van der Waals surface area contributed by atoms with E-state index in [0.29, 0.717) is 11.5 Å². The first-order valence-electron chi connectivity index (χ1n) is 4.84. The molecule has 90 valence electrons. The van der Waals surface area contributed by atoms with E-state index < -0.39 is 0 Å². The molecule has 0 saturated heterocycles. The minimum atomic E-state index is -0.360. The lowest BCUT2D eigenvalue weighted by Gasteiger charge is -2.12. The van der Waals surface area contributed by atoms with Gasteiger partial charge in [0.05, 0.1) is 14.2 Å². The van der Waals surface area contributed by atoms with Crippen LogP contribution >= 0.6 is 12.4 Å². The van der Waals surface area contributed by atoms with Crippen molar-refractivity contribution in [2.45, 2.75) is 18.4 Å². The Morgan fingerprint density at radius 3 is 2.00 bits per heavy atom. The average Bonchev–Trinajstić information content (AvgIpc) is 2.93. The summed E-state index contributed by atoms with van der Waals surface area (Å²) in [7, 11) is 3.04. The summed E-state index contributed by atoms with van der Waals surface area (Å²) in [4.78, 5) is 0. The molecule has 1 aliphatic rings. The van der Waals surface area contributed by atoms with Crippen molar-refractivity contribution in [1.29, 1.82) is 0 Å². The third-order valence-electron chi connectivity index (χ3n) is 2.72. The maximum atomic E-state index is 13.2. The fourth-order valence-electron chi connectivity index (χ4n) is 1.82. The molecule has 1 saturated carbocycles. The second-order valence-electron chi connectivity index (χ2n) is 3.73. The van der Waals surface area contributed by atoms with Crippen LogP contribution in [0.25, 0.3) is 0 Å². The molecule has 1 aliphatic carbocycles. The monoisotopic (exact) mass is 247 g/mol. The third kappa shape index (κ3) is 2.23. The standard InChI is InChI=1S/C11H14FNO2.ClH/c1-14-9-3-6(12)4-10(15-2)11(9)7-5-8(7)13;/h3-4,7-8H,5,13H2,1-2H3;1H/t7-,8-;/m1./s1. The van der Waals surface area contributed by atoms with Crippen molar-refractivity contribution in [2.75, 3.05) is 14.2 Å². The van der Waals surface area contributed by atoms with Crippen molar-refractivity contribution in [3.05, 3.63) is 23.5 Å². The molecule has 1 fully saturated rings. The molecule has 1 aromatic rings. The van der Waals surface area contributed by atoms with E-state index in [-0.39, 0.29) is 30.2 Å². The maximum Gasteiger partial charge on any atom is 0.130 e. The van der Waals surface area contributed by atoms with E-state index in [1.807, 2.05) is 0 Å². The zero-order valence-corrected chi connectivity index (χ0v) is 10.0. The van der Waals surface area contributed by atoms with Crippen LogP contribution in [0.3, 0.4) is 0 Å². The van der Waals surface area contributed by atoms with Crippen molar-refractivity contribution in [2.24, 2.45) is 5.73 Å². The molecule has 0 amide bonds. The van der Waals surface area contributed by atoms with E-state index in [4.69, 9.17) is 15.2 Å². The Kier molecular flexibility index (Phi) is 3.99. The Bertz CT molecular complexity index is 361. The average molecular weight is 248 g/mol. The fraction of sp³-hybridized carbons (Fsp3) is 0.455. The molecule has 1 aromatic carbocycles. The van der Waals surface area contributed by atoms with Gasteiger partial charge in [-0.1, -0.05) is 0 Å². The molecule has 2 rings (SSSR count). The van der Waals surface area contributed by atoms with Crippen LogP contribution in [0.1, 0.15) is 17.9 Å². The number of nitrogens with two attached hydrogens (primary N) is 1. The first-order chi connectivity index (χ1) is 7.17. The van der Waals surface area contributed by atoms with Crippen molar-refractivity contribution in [3.63, 3.8) is 0 Å². The number of halogens is 2. The summed E-state index contributed by atoms with van der Waals surface area (Å²) in [6.45, 7) is 0. The summed E-state index contributed by atoms with van der Waals surface area (Å²) in [5, 5.41) is 0. The molecular weight excluding hydrogens is 233 g/mol. The second-order valence-corrected chi connectivity index (χ2v) is 3.73. The minimum absolute atomic E-state index is 0. The minimum Gasteiger partial charge on any atom is -0.496 e. The molecule has 0 heterocycles. The Morgan fingerprint density at radius 1 is 1.25 bits per heavy atom. The zero-order chi connectivity index (χ0) is 11.0. The molecule has 0 bridgehead atoms. The van der Waals surface area contributed by atoms with Gasteiger partial charge in [-0.05, 0) is 6.42 Å². The van der Waals surface area contributed by atoms with Crippen molar-refractivity contribution >= 4 is 12.4 Å². The van der Waals surface area contributed by atoms with Gasteiger partial charge in [0, 0.05) is 29.7 Å². The molecule has 5 heteroatoms. The number of methoxy groups -OCH3 is 2. The van der Waals surface area contributed by atoms with Crippen LogP contribution in [0, 0.1) is 5.82 Å². The Hall–Kier alpha value is -1.00. The quantitative estimate of drug-likeness (QED) is 0.890. The summed E-state index contributed by atoms with van der Waals surface area (Å²) in [6, 6.07) is 2.87. The van der Waals surface area contributed by atoms with E-state index >= 15 is 0 Å². The molecule has 0 aromatic heterocycles. The van der Waals surface area contributed by atoms with E-state index in [0.717, 1.165) is 12.0 Å². The van der Waals surface area contributed by atoms with Crippen LogP contribution in [-0.4, -0.2) is 20.3 Å². The maximum absolute atomic E-state index is 13.2. The van der Waals surface area contributed by atoms with Gasteiger partial charge in [0.1, 0.15) is 17.3 Å². The molecule has 2 N–H and O–H groups in total. The van der Waals surface area contributed by atoms with Gasteiger partial charge in [0.25, 0.3) is 0 Å². The first-order valence-corrected chi connectivity index (χ1v) is 4.84. The topological polar surface area (TPSA) is 44.5 Å². The van der Waals surface area contributed by atoms with Gasteiger partial charge in [-0.3, -0.25) is 0 Å². The number of rotatable bonds is 3. The van der Waals surface area contributed by atoms with Crippen LogP contribution in [-0.2, 0) is 0 Å². The normalized spacial score (nSPS) is 22.2. The highest BCUT2D eigenvalue weighted by molar-refractivity contribution is 5.85. The number of hydrogen-bond acceptors (Lipinski definition) is 3.